The van der Waals surface area contributed by atoms with Crippen molar-refractivity contribution in [3.05, 3.63) is 29.6 Å². The Hall–Kier alpha value is -1.52. The van der Waals surface area contributed by atoms with E-state index in [1.165, 1.54) is 0 Å². The van der Waals surface area contributed by atoms with Crippen molar-refractivity contribution in [3.8, 4) is 0 Å². The molecule has 9 heteroatoms. The number of nitrogens with one attached hydrogen (secondary N) is 2. The summed E-state index contributed by atoms with van der Waals surface area (Å²) in [4.78, 5) is 15.5. The number of guanidine groups is 1. The summed E-state index contributed by atoms with van der Waals surface area (Å²) in [5, 5.41) is 5.11. The van der Waals surface area contributed by atoms with Crippen molar-refractivity contribution in [1.29, 1.82) is 0 Å². The van der Waals surface area contributed by atoms with Crippen molar-refractivity contribution in [2.24, 2.45) is 10.7 Å². The third kappa shape index (κ3) is 5.56. The molecule has 5 nitrogen and oxygen atoms in total. The highest BCUT2D eigenvalue weighted by Crippen LogP contribution is 2.19. The van der Waals surface area contributed by atoms with Crippen LogP contribution in [0.15, 0.2) is 17.1 Å². The number of nitrogens with zero attached hydrogens (tertiary/aromatic N) is 1. The fraction of sp³-hybridized carbons (Fsp3) is 0.429. The smallest absolute Gasteiger partial charge is 0.246 e. The molecule has 0 spiro atoms. The lowest BCUT2D eigenvalue weighted by atomic mass is 10.2. The van der Waals surface area contributed by atoms with Gasteiger partial charge in [-0.05, 0) is 25.0 Å². The predicted octanol–water partition coefficient (Wildman–Crippen LogP) is 2.51. The van der Waals surface area contributed by atoms with E-state index in [2.05, 4.69) is 15.6 Å². The summed E-state index contributed by atoms with van der Waals surface area (Å²) < 4.78 is 39.2. The van der Waals surface area contributed by atoms with E-state index in [0.29, 0.717) is 0 Å². The molecule has 1 fully saturated rings. The minimum Gasteiger partial charge on any atom is -0.370 e. The molecule has 2 rings (SSSR count). The van der Waals surface area contributed by atoms with E-state index < -0.39 is 29.0 Å². The van der Waals surface area contributed by atoms with E-state index in [0.717, 1.165) is 37.8 Å². The van der Waals surface area contributed by atoms with Gasteiger partial charge in [-0.25, -0.2) is 18.2 Å². The molecule has 23 heavy (non-hydrogen) atoms. The van der Waals surface area contributed by atoms with Crippen LogP contribution in [0, 0.1) is 17.5 Å². The molecular weight excluding hydrogens is 424 g/mol. The lowest BCUT2D eigenvalue weighted by Gasteiger charge is -2.12. The van der Waals surface area contributed by atoms with E-state index >= 15 is 0 Å². The summed E-state index contributed by atoms with van der Waals surface area (Å²) in [6.45, 7) is -0.343. The van der Waals surface area contributed by atoms with Crippen molar-refractivity contribution in [1.82, 2.24) is 5.32 Å². The van der Waals surface area contributed by atoms with Crippen LogP contribution in [0.2, 0.25) is 0 Å². The molecule has 1 saturated carbocycles. The maximum absolute atomic E-state index is 13.4. The number of benzene rings is 1. The second kappa shape index (κ2) is 8.94. The average Bonchev–Trinajstić information content (AvgIpc) is 2.99. The van der Waals surface area contributed by atoms with Gasteiger partial charge in [0, 0.05) is 6.04 Å². The highest BCUT2D eigenvalue weighted by molar-refractivity contribution is 14.0. The van der Waals surface area contributed by atoms with Gasteiger partial charge in [-0.1, -0.05) is 12.8 Å². The Morgan fingerprint density at radius 2 is 1.87 bits per heavy atom. The highest BCUT2D eigenvalue weighted by Gasteiger charge is 2.16. The lowest BCUT2D eigenvalue weighted by Crippen LogP contribution is -2.39. The Bertz CT molecular complexity index is 592. The summed E-state index contributed by atoms with van der Waals surface area (Å²) in [6, 6.07) is 1.93. The van der Waals surface area contributed by atoms with Crippen LogP contribution in [0.4, 0.5) is 18.9 Å². The number of nitrogens with two attached hydrogens (primary N) is 1. The molecule has 0 atom stereocenters. The van der Waals surface area contributed by atoms with Gasteiger partial charge in [0.1, 0.15) is 6.54 Å². The van der Waals surface area contributed by atoms with E-state index in [1.54, 1.807) is 0 Å². The van der Waals surface area contributed by atoms with Gasteiger partial charge in [-0.15, -0.1) is 24.0 Å². The maximum Gasteiger partial charge on any atom is 0.246 e. The zero-order valence-electron chi connectivity index (χ0n) is 12.2. The monoisotopic (exact) mass is 442 g/mol. The van der Waals surface area contributed by atoms with Crippen LogP contribution in [0.5, 0.6) is 0 Å². The molecule has 0 saturated heterocycles. The number of rotatable bonds is 4. The Morgan fingerprint density at radius 3 is 2.52 bits per heavy atom. The minimum absolute atomic E-state index is 0. The molecule has 1 aromatic carbocycles. The summed E-state index contributed by atoms with van der Waals surface area (Å²) in [7, 11) is 0. The molecule has 0 radical (unpaired) electrons. The average molecular weight is 442 g/mol. The number of aliphatic imine (C=N–C) groups is 1. The molecule has 1 aromatic rings. The molecular formula is C14H18F3IN4O. The molecule has 0 aliphatic heterocycles. The fourth-order valence-corrected chi connectivity index (χ4v) is 2.29. The zero-order chi connectivity index (χ0) is 16.1. The Labute approximate surface area is 148 Å². The van der Waals surface area contributed by atoms with Gasteiger partial charge in [0.05, 0.1) is 5.69 Å². The minimum atomic E-state index is -1.64. The molecule has 128 valence electrons. The van der Waals surface area contributed by atoms with Crippen molar-refractivity contribution in [2.75, 3.05) is 11.9 Å². The molecule has 1 aliphatic rings. The molecule has 0 heterocycles. The number of hydrogen-bond donors (Lipinski definition) is 3. The second-order valence-corrected chi connectivity index (χ2v) is 5.10. The van der Waals surface area contributed by atoms with E-state index in [1.807, 2.05) is 0 Å². The highest BCUT2D eigenvalue weighted by atomic mass is 127. The fourth-order valence-electron chi connectivity index (χ4n) is 2.29. The summed E-state index contributed by atoms with van der Waals surface area (Å²) >= 11 is 0. The molecule has 4 N–H and O–H groups in total. The third-order valence-electron chi connectivity index (χ3n) is 3.41. The van der Waals surface area contributed by atoms with E-state index in [9.17, 15) is 18.0 Å². The molecule has 1 aliphatic carbocycles. The topological polar surface area (TPSA) is 79.5 Å². The SMILES string of the molecule is I.NC(=NCC(=O)Nc1ccc(F)c(F)c1F)NC1CCCC1. The second-order valence-electron chi connectivity index (χ2n) is 5.10. The molecule has 0 bridgehead atoms. The van der Waals surface area contributed by atoms with Crippen LogP contribution in [0.25, 0.3) is 0 Å². The van der Waals surface area contributed by atoms with Gasteiger partial charge < -0.3 is 16.4 Å². The van der Waals surface area contributed by atoms with Gasteiger partial charge in [-0.3, -0.25) is 4.79 Å². The standard InChI is InChI=1S/C14H17F3N4O.HI/c15-9-5-6-10(13(17)12(9)16)21-11(22)7-19-14(18)20-8-3-1-2-4-8;/h5-6,8H,1-4,7H2,(H,21,22)(H3,18,19,20);1H. The number of hydrogen-bond acceptors (Lipinski definition) is 2. The van der Waals surface area contributed by atoms with Crippen LogP contribution in [0.1, 0.15) is 25.7 Å². The van der Waals surface area contributed by atoms with Crippen molar-refractivity contribution in [3.63, 3.8) is 0 Å². The lowest BCUT2D eigenvalue weighted by molar-refractivity contribution is -0.114. The first-order valence-electron chi connectivity index (χ1n) is 6.97. The summed E-state index contributed by atoms with van der Waals surface area (Å²) in [5.74, 6) is -4.95. The normalized spacial score (nSPS) is 15.2. The molecule has 0 aromatic heterocycles. The van der Waals surface area contributed by atoms with Gasteiger partial charge >= 0.3 is 0 Å². The van der Waals surface area contributed by atoms with Crippen LogP contribution >= 0.6 is 24.0 Å². The largest absolute Gasteiger partial charge is 0.370 e. The summed E-state index contributed by atoms with van der Waals surface area (Å²) in [6.07, 6.45) is 4.26. The Kier molecular flexibility index (Phi) is 7.59. The van der Waals surface area contributed by atoms with Crippen LogP contribution in [0.3, 0.4) is 0 Å². The van der Waals surface area contributed by atoms with Crippen molar-refractivity contribution < 1.29 is 18.0 Å². The number of amides is 1. The first kappa shape index (κ1) is 19.5. The third-order valence-corrected chi connectivity index (χ3v) is 3.41. The van der Waals surface area contributed by atoms with Crippen LogP contribution in [-0.2, 0) is 4.79 Å². The number of carbonyl (C=O) groups is 1. The first-order valence-corrected chi connectivity index (χ1v) is 6.97. The summed E-state index contributed by atoms with van der Waals surface area (Å²) in [5.41, 5.74) is 5.20. The maximum atomic E-state index is 13.4. The Balaban J connectivity index is 0.00000264. The van der Waals surface area contributed by atoms with Crippen LogP contribution in [-0.4, -0.2) is 24.5 Å². The Morgan fingerprint density at radius 1 is 1.22 bits per heavy atom. The molecule has 1 amide bonds. The van der Waals surface area contributed by atoms with Crippen molar-refractivity contribution in [2.45, 2.75) is 31.7 Å². The number of halogens is 4. The van der Waals surface area contributed by atoms with Gasteiger partial charge in [0.2, 0.25) is 5.91 Å². The van der Waals surface area contributed by atoms with Crippen molar-refractivity contribution >= 4 is 41.5 Å². The first-order chi connectivity index (χ1) is 10.5. The van der Waals surface area contributed by atoms with Gasteiger partial charge in [-0.2, -0.15) is 0 Å². The quantitative estimate of drug-likeness (QED) is 0.290. The number of carbonyl (C=O) groups excluding carboxylic acids is 1. The van der Waals surface area contributed by atoms with Gasteiger partial charge in [0.15, 0.2) is 23.4 Å². The predicted molar refractivity (Wildman–Crippen MR) is 92.2 cm³/mol. The number of anilines is 1. The van der Waals surface area contributed by atoms with E-state index in [4.69, 9.17) is 5.73 Å². The van der Waals surface area contributed by atoms with Gasteiger partial charge in [0.25, 0.3) is 0 Å². The van der Waals surface area contributed by atoms with Crippen LogP contribution < -0.4 is 16.4 Å². The zero-order valence-corrected chi connectivity index (χ0v) is 14.6. The van der Waals surface area contributed by atoms with E-state index in [-0.39, 0.29) is 42.5 Å². The molecule has 0 unspecified atom stereocenters.